The number of para-hydroxylation sites is 1. The number of halogens is 2. The number of carbonyl (C=O) groups excluding carboxylic acids is 2. The summed E-state index contributed by atoms with van der Waals surface area (Å²) in [5.41, 5.74) is 4.33. The van der Waals surface area contributed by atoms with Crippen LogP contribution in [0.2, 0.25) is 0 Å². The fourth-order valence-corrected chi connectivity index (χ4v) is 2.11. The van der Waals surface area contributed by atoms with E-state index in [9.17, 15) is 18.4 Å². The first-order valence-electron chi connectivity index (χ1n) is 6.96. The lowest BCUT2D eigenvalue weighted by molar-refractivity contribution is 0.0841. The van der Waals surface area contributed by atoms with Gasteiger partial charge < -0.3 is 0 Å². The molecule has 24 heavy (non-hydrogen) atoms. The summed E-state index contributed by atoms with van der Waals surface area (Å²) in [6.45, 7) is 0. The van der Waals surface area contributed by atoms with Crippen molar-refractivity contribution in [2.24, 2.45) is 0 Å². The molecule has 0 aliphatic carbocycles. The van der Waals surface area contributed by atoms with Gasteiger partial charge in [-0.25, -0.2) is 13.8 Å². The molecular weight excluding hydrogens is 316 g/mol. The fraction of sp³-hybridized carbons (Fsp3) is 0. The molecule has 0 radical (unpaired) electrons. The highest BCUT2D eigenvalue weighted by Gasteiger charge is 2.14. The van der Waals surface area contributed by atoms with Crippen molar-refractivity contribution < 1.29 is 18.4 Å². The summed E-state index contributed by atoms with van der Waals surface area (Å²) in [6.07, 6.45) is 0. The Morgan fingerprint density at radius 1 is 0.875 bits per heavy atom. The number of benzene rings is 2. The molecule has 0 bridgehead atoms. The van der Waals surface area contributed by atoms with Crippen LogP contribution in [0.3, 0.4) is 0 Å². The zero-order chi connectivity index (χ0) is 17.1. The van der Waals surface area contributed by atoms with E-state index in [1.54, 1.807) is 18.2 Å². The van der Waals surface area contributed by atoms with Gasteiger partial charge in [-0.1, -0.05) is 24.3 Å². The van der Waals surface area contributed by atoms with Gasteiger partial charge in [0.2, 0.25) is 0 Å². The number of aromatic nitrogens is 1. The molecular formula is C17H11F2N3O2. The highest BCUT2D eigenvalue weighted by atomic mass is 19.1. The molecule has 0 spiro atoms. The van der Waals surface area contributed by atoms with Crippen molar-refractivity contribution in [1.29, 1.82) is 0 Å². The first-order valence-corrected chi connectivity index (χ1v) is 6.96. The van der Waals surface area contributed by atoms with Crippen molar-refractivity contribution in [3.8, 4) is 0 Å². The SMILES string of the molecule is O=C(NNC(=O)c1cc(F)ccc1F)c1ccc2ccccc2n1. The highest BCUT2D eigenvalue weighted by Crippen LogP contribution is 2.12. The van der Waals surface area contributed by atoms with Crippen molar-refractivity contribution in [3.63, 3.8) is 0 Å². The predicted octanol–water partition coefficient (Wildman–Crippen LogP) is 2.59. The minimum atomic E-state index is -0.971. The average Bonchev–Trinajstić information content (AvgIpc) is 2.61. The van der Waals surface area contributed by atoms with Crippen LogP contribution in [0.1, 0.15) is 20.8 Å². The lowest BCUT2D eigenvalue weighted by Gasteiger charge is -2.08. The van der Waals surface area contributed by atoms with Crippen molar-refractivity contribution in [1.82, 2.24) is 15.8 Å². The summed E-state index contributed by atoms with van der Waals surface area (Å²) >= 11 is 0. The van der Waals surface area contributed by atoms with Gasteiger partial charge in [-0.15, -0.1) is 0 Å². The number of pyridine rings is 1. The van der Waals surface area contributed by atoms with Crippen LogP contribution in [0.25, 0.3) is 10.9 Å². The van der Waals surface area contributed by atoms with Gasteiger partial charge in [0.05, 0.1) is 11.1 Å². The normalized spacial score (nSPS) is 10.4. The molecule has 1 heterocycles. The van der Waals surface area contributed by atoms with Crippen LogP contribution in [0.5, 0.6) is 0 Å². The average molecular weight is 327 g/mol. The lowest BCUT2D eigenvalue weighted by Crippen LogP contribution is -2.42. The minimum absolute atomic E-state index is 0.0775. The van der Waals surface area contributed by atoms with E-state index in [-0.39, 0.29) is 5.69 Å². The molecule has 0 fully saturated rings. The third-order valence-corrected chi connectivity index (χ3v) is 3.29. The minimum Gasteiger partial charge on any atom is -0.267 e. The summed E-state index contributed by atoms with van der Waals surface area (Å²) in [5, 5.41) is 0.861. The fourth-order valence-electron chi connectivity index (χ4n) is 2.11. The summed E-state index contributed by atoms with van der Waals surface area (Å²) < 4.78 is 26.6. The number of nitrogens with one attached hydrogen (secondary N) is 2. The number of nitrogens with zero attached hydrogens (tertiary/aromatic N) is 1. The van der Waals surface area contributed by atoms with Crippen molar-refractivity contribution in [2.45, 2.75) is 0 Å². The van der Waals surface area contributed by atoms with E-state index in [1.165, 1.54) is 6.07 Å². The van der Waals surface area contributed by atoms with E-state index >= 15 is 0 Å². The largest absolute Gasteiger partial charge is 0.288 e. The molecule has 1 aromatic heterocycles. The van der Waals surface area contributed by atoms with E-state index in [4.69, 9.17) is 0 Å². The van der Waals surface area contributed by atoms with Crippen molar-refractivity contribution >= 4 is 22.7 Å². The van der Waals surface area contributed by atoms with Gasteiger partial charge in [0.1, 0.15) is 17.3 Å². The number of rotatable bonds is 2. The van der Waals surface area contributed by atoms with Gasteiger partial charge in [0, 0.05) is 5.39 Å². The quantitative estimate of drug-likeness (QED) is 0.711. The van der Waals surface area contributed by atoms with Crippen LogP contribution < -0.4 is 10.9 Å². The first kappa shape index (κ1) is 15.5. The standard InChI is InChI=1S/C17H11F2N3O2/c18-11-6-7-13(19)12(9-11)16(23)21-22-17(24)15-8-5-10-3-1-2-4-14(10)20-15/h1-9H,(H,21,23)(H,22,24). The van der Waals surface area contributed by atoms with Crippen LogP contribution in [-0.4, -0.2) is 16.8 Å². The van der Waals surface area contributed by atoms with Crippen LogP contribution in [0.15, 0.2) is 54.6 Å². The second kappa shape index (κ2) is 6.41. The molecule has 2 N–H and O–H groups in total. The lowest BCUT2D eigenvalue weighted by atomic mass is 10.2. The zero-order valence-electron chi connectivity index (χ0n) is 12.2. The summed E-state index contributed by atoms with van der Waals surface area (Å²) in [5.74, 6) is -3.30. The number of hydrogen-bond acceptors (Lipinski definition) is 3. The summed E-state index contributed by atoms with van der Waals surface area (Å²) in [6, 6.07) is 12.9. The molecule has 0 aliphatic rings. The van der Waals surface area contributed by atoms with Gasteiger partial charge in [-0.2, -0.15) is 0 Å². The molecule has 2 aromatic carbocycles. The topological polar surface area (TPSA) is 71.1 Å². The zero-order valence-corrected chi connectivity index (χ0v) is 12.2. The Hall–Kier alpha value is -3.35. The van der Waals surface area contributed by atoms with E-state index in [2.05, 4.69) is 10.4 Å². The van der Waals surface area contributed by atoms with Crippen molar-refractivity contribution in [3.05, 3.63) is 77.5 Å². The van der Waals surface area contributed by atoms with Crippen LogP contribution in [0.4, 0.5) is 8.78 Å². The Labute approximate surface area is 135 Å². The Balaban J connectivity index is 1.72. The van der Waals surface area contributed by atoms with Crippen LogP contribution >= 0.6 is 0 Å². The number of fused-ring (bicyclic) bond motifs is 1. The number of hydrazine groups is 1. The third-order valence-electron chi connectivity index (χ3n) is 3.29. The summed E-state index contributed by atoms with van der Waals surface area (Å²) in [7, 11) is 0. The maximum atomic E-state index is 13.5. The molecule has 3 aromatic rings. The van der Waals surface area contributed by atoms with Crippen LogP contribution in [-0.2, 0) is 0 Å². The maximum absolute atomic E-state index is 13.5. The van der Waals surface area contributed by atoms with Gasteiger partial charge >= 0.3 is 0 Å². The molecule has 0 saturated heterocycles. The van der Waals surface area contributed by atoms with Gasteiger partial charge in [0.25, 0.3) is 11.8 Å². The number of carbonyl (C=O) groups is 2. The van der Waals surface area contributed by atoms with Gasteiger partial charge in [-0.05, 0) is 30.3 Å². The monoisotopic (exact) mass is 327 g/mol. The molecule has 7 heteroatoms. The van der Waals surface area contributed by atoms with Gasteiger partial charge in [-0.3, -0.25) is 20.4 Å². The van der Waals surface area contributed by atoms with Crippen LogP contribution in [0, 0.1) is 11.6 Å². The van der Waals surface area contributed by atoms with Gasteiger partial charge in [0.15, 0.2) is 0 Å². The Kier molecular flexibility index (Phi) is 4.15. The molecule has 3 rings (SSSR count). The van der Waals surface area contributed by atoms with Crippen molar-refractivity contribution in [2.75, 3.05) is 0 Å². The number of hydrogen-bond donors (Lipinski definition) is 2. The Bertz CT molecular complexity index is 944. The summed E-state index contributed by atoms with van der Waals surface area (Å²) in [4.78, 5) is 28.0. The third kappa shape index (κ3) is 3.19. The molecule has 0 atom stereocenters. The second-order valence-electron chi connectivity index (χ2n) is 4.92. The molecule has 0 saturated carbocycles. The first-order chi connectivity index (χ1) is 11.5. The number of amides is 2. The molecule has 0 unspecified atom stereocenters. The Morgan fingerprint density at radius 3 is 2.46 bits per heavy atom. The highest BCUT2D eigenvalue weighted by molar-refractivity contribution is 5.99. The van der Waals surface area contributed by atoms with E-state index < -0.39 is 29.0 Å². The molecule has 120 valence electrons. The maximum Gasteiger partial charge on any atom is 0.288 e. The predicted molar refractivity (Wildman–Crippen MR) is 83.0 cm³/mol. The van der Waals surface area contributed by atoms with E-state index in [0.717, 1.165) is 23.6 Å². The molecule has 0 aliphatic heterocycles. The van der Waals surface area contributed by atoms with E-state index in [0.29, 0.717) is 5.52 Å². The molecule has 5 nitrogen and oxygen atoms in total. The second-order valence-corrected chi connectivity index (χ2v) is 4.92. The van der Waals surface area contributed by atoms with E-state index in [1.807, 2.05) is 17.6 Å². The Morgan fingerprint density at radius 2 is 1.62 bits per heavy atom. The smallest absolute Gasteiger partial charge is 0.267 e. The molecule has 2 amide bonds.